The van der Waals surface area contributed by atoms with Gasteiger partial charge in [-0.15, -0.1) is 11.3 Å². The molecule has 6 rings (SSSR count). The van der Waals surface area contributed by atoms with Crippen molar-refractivity contribution in [1.82, 2.24) is 10.3 Å². The molecule has 164 valence electrons. The lowest BCUT2D eigenvalue weighted by Crippen LogP contribution is -2.55. The van der Waals surface area contributed by atoms with Crippen LogP contribution < -0.4 is 15.4 Å². The second-order valence-corrected chi connectivity index (χ2v) is 12.1. The summed E-state index contributed by atoms with van der Waals surface area (Å²) in [5, 5.41) is 8.17. The van der Waals surface area contributed by atoms with Gasteiger partial charge < -0.3 is 10.6 Å². The number of carbonyl (C=O) groups excluding carboxylic acids is 1. The number of hydrogen-bond donors (Lipinski definition) is 3. The Kier molecular flexibility index (Phi) is 5.26. The molecule has 4 fully saturated rings. The highest BCUT2D eigenvalue weighted by molar-refractivity contribution is 7.93. The van der Waals surface area contributed by atoms with Crippen LogP contribution in [0.3, 0.4) is 0 Å². The molecule has 4 saturated carbocycles. The number of hydrogen-bond acceptors (Lipinski definition) is 6. The number of rotatable bonds is 5. The number of thiocarbonyl (C=S) groups is 1. The molecule has 3 N–H and O–H groups in total. The molecular formula is C21H24N4O3S3. The van der Waals surface area contributed by atoms with Crippen molar-refractivity contribution in [3.63, 3.8) is 0 Å². The van der Waals surface area contributed by atoms with Crippen LogP contribution in [0.1, 0.15) is 38.5 Å². The predicted molar refractivity (Wildman–Crippen MR) is 124 cm³/mol. The van der Waals surface area contributed by atoms with E-state index in [0.717, 1.165) is 19.3 Å². The molecule has 0 spiro atoms. The van der Waals surface area contributed by atoms with Crippen LogP contribution in [0.5, 0.6) is 0 Å². The third-order valence-corrected chi connectivity index (χ3v) is 9.20. The quantitative estimate of drug-likeness (QED) is 0.565. The Morgan fingerprint density at radius 1 is 1.06 bits per heavy atom. The van der Waals surface area contributed by atoms with Crippen LogP contribution in [-0.2, 0) is 14.8 Å². The first kappa shape index (κ1) is 20.8. The topological polar surface area (TPSA) is 100 Å². The lowest BCUT2D eigenvalue weighted by atomic mass is 9.49. The molecule has 4 bridgehead atoms. The van der Waals surface area contributed by atoms with Gasteiger partial charge in [0, 0.05) is 17.3 Å². The van der Waals surface area contributed by atoms with E-state index >= 15 is 0 Å². The fourth-order valence-corrected chi connectivity index (χ4v) is 7.95. The third kappa shape index (κ3) is 4.20. The normalized spacial score (nSPS) is 28.8. The molecule has 0 radical (unpaired) electrons. The van der Waals surface area contributed by atoms with Crippen molar-refractivity contribution in [1.29, 1.82) is 0 Å². The number of carbonyl (C=O) groups is 1. The molecule has 0 saturated heterocycles. The minimum Gasteiger partial charge on any atom is -0.332 e. The molecule has 1 heterocycles. The van der Waals surface area contributed by atoms with E-state index in [1.165, 1.54) is 48.9 Å². The van der Waals surface area contributed by atoms with Gasteiger partial charge in [-0.3, -0.25) is 9.52 Å². The van der Waals surface area contributed by atoms with Gasteiger partial charge in [0.25, 0.3) is 10.0 Å². The van der Waals surface area contributed by atoms with Gasteiger partial charge in [-0.1, -0.05) is 0 Å². The van der Waals surface area contributed by atoms with Crippen molar-refractivity contribution in [2.45, 2.75) is 43.4 Å². The van der Waals surface area contributed by atoms with E-state index in [1.807, 2.05) is 0 Å². The Balaban J connectivity index is 1.20. The summed E-state index contributed by atoms with van der Waals surface area (Å²) in [5.41, 5.74) is 0.351. The van der Waals surface area contributed by atoms with Gasteiger partial charge in [0.1, 0.15) is 0 Å². The smallest absolute Gasteiger partial charge is 0.263 e. The van der Waals surface area contributed by atoms with E-state index in [2.05, 4.69) is 20.3 Å². The van der Waals surface area contributed by atoms with E-state index < -0.39 is 10.0 Å². The predicted octanol–water partition coefficient (Wildman–Crippen LogP) is 3.97. The van der Waals surface area contributed by atoms with Crippen molar-refractivity contribution in [3.05, 3.63) is 35.8 Å². The highest BCUT2D eigenvalue weighted by Crippen LogP contribution is 2.60. The van der Waals surface area contributed by atoms with Crippen molar-refractivity contribution < 1.29 is 13.2 Å². The Morgan fingerprint density at radius 2 is 1.68 bits per heavy atom. The zero-order valence-corrected chi connectivity index (χ0v) is 19.3. The summed E-state index contributed by atoms with van der Waals surface area (Å²) in [6.07, 6.45) is 8.31. The highest BCUT2D eigenvalue weighted by atomic mass is 32.2. The van der Waals surface area contributed by atoms with Crippen molar-refractivity contribution in [3.8, 4) is 0 Å². The maximum atomic E-state index is 13.1. The second-order valence-electron chi connectivity index (χ2n) is 9.07. The Morgan fingerprint density at radius 3 is 2.23 bits per heavy atom. The monoisotopic (exact) mass is 476 g/mol. The van der Waals surface area contributed by atoms with Gasteiger partial charge in [0.2, 0.25) is 5.91 Å². The Labute approximate surface area is 191 Å². The number of amides is 1. The van der Waals surface area contributed by atoms with Crippen LogP contribution in [0.15, 0.2) is 40.7 Å². The summed E-state index contributed by atoms with van der Waals surface area (Å²) < 4.78 is 27.3. The molecule has 7 nitrogen and oxygen atoms in total. The molecule has 4 aliphatic carbocycles. The van der Waals surface area contributed by atoms with Crippen LogP contribution >= 0.6 is 23.6 Å². The summed E-state index contributed by atoms with van der Waals surface area (Å²) >= 11 is 6.58. The Bertz CT molecular complexity index is 1060. The largest absolute Gasteiger partial charge is 0.332 e. The molecule has 10 heteroatoms. The molecule has 0 unspecified atom stereocenters. The molecule has 1 aromatic carbocycles. The van der Waals surface area contributed by atoms with Gasteiger partial charge in [0.05, 0.1) is 10.3 Å². The SMILES string of the molecule is O=C(NC(=S)Nc1ccc(S(=O)(=O)Nc2nccs2)cc1)C12CC3CC(CC(C3)C1)C2. The summed E-state index contributed by atoms with van der Waals surface area (Å²) in [6.45, 7) is 0. The van der Waals surface area contributed by atoms with Gasteiger partial charge in [-0.05, 0) is 92.8 Å². The first-order valence-electron chi connectivity index (χ1n) is 10.5. The van der Waals surface area contributed by atoms with Crippen LogP contribution in [-0.4, -0.2) is 24.4 Å². The molecule has 0 aliphatic heterocycles. The average Bonchev–Trinajstić information content (AvgIpc) is 3.19. The summed E-state index contributed by atoms with van der Waals surface area (Å²) in [6, 6.07) is 6.22. The van der Waals surface area contributed by atoms with Gasteiger partial charge in [0.15, 0.2) is 10.2 Å². The number of anilines is 2. The summed E-state index contributed by atoms with van der Waals surface area (Å²) in [5.74, 6) is 2.10. The van der Waals surface area contributed by atoms with Gasteiger partial charge >= 0.3 is 0 Å². The molecule has 0 atom stereocenters. The van der Waals surface area contributed by atoms with E-state index in [9.17, 15) is 13.2 Å². The third-order valence-electron chi connectivity index (χ3n) is 6.82. The van der Waals surface area contributed by atoms with Crippen molar-refractivity contribution >= 4 is 55.4 Å². The van der Waals surface area contributed by atoms with Crippen LogP contribution in [0.25, 0.3) is 0 Å². The van der Waals surface area contributed by atoms with Gasteiger partial charge in [-0.25, -0.2) is 13.4 Å². The fourth-order valence-electron chi connectivity index (χ4n) is 5.95. The molecule has 4 aliphatic rings. The van der Waals surface area contributed by atoms with E-state index in [4.69, 9.17) is 12.2 Å². The minimum absolute atomic E-state index is 0.0379. The zero-order chi connectivity index (χ0) is 21.6. The second kappa shape index (κ2) is 7.83. The standard InChI is InChI=1S/C21H24N4O3S3/c26-18(21-10-13-7-14(11-21)9-15(8-13)12-21)24-19(29)23-16-1-3-17(4-2-16)31(27,28)25-20-22-5-6-30-20/h1-6,13-15H,7-12H2,(H,22,25)(H2,23,24,26,29). The lowest BCUT2D eigenvalue weighted by molar-refractivity contribution is -0.144. The Hall–Kier alpha value is -2.04. The minimum atomic E-state index is -3.71. The first-order chi connectivity index (χ1) is 14.8. The number of nitrogens with zero attached hydrogens (tertiary/aromatic N) is 1. The van der Waals surface area contributed by atoms with Crippen LogP contribution in [0.4, 0.5) is 10.8 Å². The van der Waals surface area contributed by atoms with E-state index in [0.29, 0.717) is 28.6 Å². The number of sulfonamides is 1. The maximum absolute atomic E-state index is 13.1. The number of benzene rings is 1. The maximum Gasteiger partial charge on any atom is 0.263 e. The lowest BCUT2D eigenvalue weighted by Gasteiger charge is -2.55. The summed E-state index contributed by atoms with van der Waals surface area (Å²) in [4.78, 5) is 17.2. The summed E-state index contributed by atoms with van der Waals surface area (Å²) in [7, 11) is -3.71. The molecule has 31 heavy (non-hydrogen) atoms. The van der Waals surface area contributed by atoms with Crippen molar-refractivity contribution in [2.75, 3.05) is 10.0 Å². The first-order valence-corrected chi connectivity index (χ1v) is 13.2. The molecular weight excluding hydrogens is 452 g/mol. The van der Waals surface area contributed by atoms with E-state index in [-0.39, 0.29) is 21.3 Å². The highest BCUT2D eigenvalue weighted by Gasteiger charge is 2.54. The number of nitrogens with one attached hydrogen (secondary N) is 3. The fraction of sp³-hybridized carbons (Fsp3) is 0.476. The van der Waals surface area contributed by atoms with Gasteiger partial charge in [-0.2, -0.15) is 0 Å². The average molecular weight is 477 g/mol. The molecule has 1 aromatic heterocycles. The number of aromatic nitrogens is 1. The van der Waals surface area contributed by atoms with Crippen molar-refractivity contribution in [2.24, 2.45) is 23.2 Å². The van der Waals surface area contributed by atoms with Crippen LogP contribution in [0, 0.1) is 23.2 Å². The zero-order valence-electron chi connectivity index (χ0n) is 16.8. The molecule has 1 amide bonds. The van der Waals surface area contributed by atoms with Crippen LogP contribution in [0.2, 0.25) is 0 Å². The molecule has 2 aromatic rings. The van der Waals surface area contributed by atoms with E-state index in [1.54, 1.807) is 17.5 Å². The number of thiazole rings is 1.